The van der Waals surface area contributed by atoms with Crippen molar-refractivity contribution in [3.63, 3.8) is 0 Å². The van der Waals surface area contributed by atoms with E-state index in [-0.39, 0.29) is 43.2 Å². The number of fused-ring (bicyclic) bond motifs is 5. The molecule has 4 amide bonds. The van der Waals surface area contributed by atoms with Gasteiger partial charge in [-0.15, -0.1) is 0 Å². The summed E-state index contributed by atoms with van der Waals surface area (Å²) < 4.78 is 71.9. The summed E-state index contributed by atoms with van der Waals surface area (Å²) in [6.45, 7) is 2.87. The van der Waals surface area contributed by atoms with E-state index in [1.165, 1.54) is 21.0 Å². The molecule has 0 aromatic carbocycles. The highest BCUT2D eigenvalue weighted by atomic mass is 19.4. The Kier molecular flexibility index (Phi) is 8.61. The number of hydrogen-bond donors (Lipinski definition) is 3. The molecule has 4 rings (SSSR count). The number of carbonyl (C=O) groups is 4. The van der Waals surface area contributed by atoms with Crippen molar-refractivity contribution < 1.29 is 45.9 Å². The van der Waals surface area contributed by atoms with E-state index < -0.39 is 65.2 Å². The van der Waals surface area contributed by atoms with Crippen LogP contribution in [0.15, 0.2) is 12.2 Å². The minimum atomic E-state index is -6.20. The Labute approximate surface area is 239 Å². The fourth-order valence-electron chi connectivity index (χ4n) is 6.90. The predicted molar refractivity (Wildman–Crippen MR) is 135 cm³/mol. The van der Waals surface area contributed by atoms with Gasteiger partial charge in [-0.25, -0.2) is 0 Å². The van der Waals surface area contributed by atoms with Crippen LogP contribution in [0.1, 0.15) is 33.1 Å². The van der Waals surface area contributed by atoms with Gasteiger partial charge in [0.15, 0.2) is 0 Å². The molecule has 0 unspecified atom stereocenters. The molecule has 2 aliphatic carbocycles. The van der Waals surface area contributed by atoms with Crippen LogP contribution in [0.3, 0.4) is 0 Å². The van der Waals surface area contributed by atoms with Crippen LogP contribution >= 0.6 is 0 Å². The molecule has 3 fully saturated rings. The summed E-state index contributed by atoms with van der Waals surface area (Å²) in [5.41, 5.74) is -1.47. The van der Waals surface area contributed by atoms with E-state index in [4.69, 9.17) is 4.74 Å². The molecule has 15 heteroatoms. The van der Waals surface area contributed by atoms with Crippen LogP contribution in [-0.4, -0.2) is 85.6 Å². The van der Waals surface area contributed by atoms with Crippen LogP contribution in [0.4, 0.5) is 22.0 Å². The number of halogens is 5. The number of ether oxygens (including phenoxy) is 1. The number of rotatable bonds is 10. The van der Waals surface area contributed by atoms with E-state index in [1.54, 1.807) is 5.32 Å². The molecule has 0 spiro atoms. The Morgan fingerprint density at radius 3 is 2.40 bits per heavy atom. The molecule has 8 atom stereocenters. The highest BCUT2D eigenvalue weighted by molar-refractivity contribution is 5.95. The fraction of sp³-hybridized carbons (Fsp3) is 0.741. The van der Waals surface area contributed by atoms with E-state index in [0.717, 1.165) is 11.3 Å². The first-order valence-electron chi connectivity index (χ1n) is 13.7. The number of nitriles is 1. The molecule has 3 N–H and O–H groups in total. The SMILES string of the molecule is COCC(C)(C)[C@H](NC(=O)C(F)(F)C(F)(F)F)C(=O)N1C[C@H]2[C@@H]([C@H]1C(=O)N[C@H](C#N)C[C@@H]1CCNC1=O)[C@H]1C=C[C@@H]2C1. The van der Waals surface area contributed by atoms with Crippen molar-refractivity contribution in [3.8, 4) is 6.07 Å². The number of allylic oxidation sites excluding steroid dienone is 2. The molecule has 2 aliphatic heterocycles. The second-order valence-corrected chi connectivity index (χ2v) is 12.2. The lowest BCUT2D eigenvalue weighted by Crippen LogP contribution is -2.63. The molecule has 0 aromatic rings. The van der Waals surface area contributed by atoms with Gasteiger partial charge in [-0.3, -0.25) is 19.2 Å². The van der Waals surface area contributed by atoms with Gasteiger partial charge >= 0.3 is 18.0 Å². The van der Waals surface area contributed by atoms with E-state index in [1.807, 2.05) is 18.2 Å². The van der Waals surface area contributed by atoms with Crippen LogP contribution < -0.4 is 16.0 Å². The Bertz CT molecular complexity index is 1180. The van der Waals surface area contributed by atoms with Crippen molar-refractivity contribution in [1.82, 2.24) is 20.9 Å². The van der Waals surface area contributed by atoms with Crippen molar-refractivity contribution in [3.05, 3.63) is 12.2 Å². The number of amides is 4. The number of nitrogens with zero attached hydrogens (tertiary/aromatic N) is 2. The maximum Gasteiger partial charge on any atom is 0.463 e. The molecule has 42 heavy (non-hydrogen) atoms. The van der Waals surface area contributed by atoms with Gasteiger partial charge in [-0.1, -0.05) is 26.0 Å². The molecule has 0 radical (unpaired) electrons. The van der Waals surface area contributed by atoms with E-state index in [9.17, 15) is 46.4 Å². The predicted octanol–water partition coefficient (Wildman–Crippen LogP) is 1.53. The second kappa shape index (κ2) is 11.4. The summed E-state index contributed by atoms with van der Waals surface area (Å²) in [7, 11) is 1.24. The number of carbonyl (C=O) groups excluding carboxylic acids is 4. The molecule has 232 valence electrons. The summed E-state index contributed by atoms with van der Waals surface area (Å²) in [5, 5.41) is 16.6. The molecule has 2 bridgehead atoms. The van der Waals surface area contributed by atoms with E-state index in [2.05, 4.69) is 10.6 Å². The summed E-state index contributed by atoms with van der Waals surface area (Å²) in [5.74, 6) is -11.6. The van der Waals surface area contributed by atoms with Gasteiger partial charge in [-0.05, 0) is 42.9 Å². The first-order valence-corrected chi connectivity index (χ1v) is 13.7. The molecule has 10 nitrogen and oxygen atoms in total. The van der Waals surface area contributed by atoms with Gasteiger partial charge in [0.25, 0.3) is 0 Å². The number of hydrogen-bond acceptors (Lipinski definition) is 6. The van der Waals surface area contributed by atoms with Crippen molar-refractivity contribution in [2.75, 3.05) is 26.8 Å². The third-order valence-electron chi connectivity index (χ3n) is 8.96. The first-order chi connectivity index (χ1) is 19.5. The minimum Gasteiger partial charge on any atom is -0.384 e. The molecule has 4 aliphatic rings. The maximum absolute atomic E-state index is 14.0. The van der Waals surface area contributed by atoms with Gasteiger partial charge in [0.2, 0.25) is 17.7 Å². The standard InChI is InChI=1S/C27H34F5N5O5/c1-25(2,12-42-3)20(36-24(41)26(28,29)27(30,31)32)23(40)37-11-17-13-4-5-14(8-13)18(17)19(37)22(39)35-16(10-33)9-15-6-7-34-21(15)38/h4-5,13-20H,6-9,11-12H2,1-3H3,(H,34,38)(H,35,39)(H,36,41)/t13-,14+,15+,16+,17-,18+,19+,20-/m1/s1. The Hall–Kier alpha value is -3.28. The third-order valence-corrected chi connectivity index (χ3v) is 8.96. The van der Waals surface area contributed by atoms with Gasteiger partial charge in [-0.2, -0.15) is 27.2 Å². The van der Waals surface area contributed by atoms with Crippen molar-refractivity contribution in [2.24, 2.45) is 35.0 Å². The van der Waals surface area contributed by atoms with Crippen molar-refractivity contribution in [1.29, 1.82) is 5.26 Å². The topological polar surface area (TPSA) is 141 Å². The Balaban J connectivity index is 1.63. The van der Waals surface area contributed by atoms with Crippen LogP contribution in [0.2, 0.25) is 0 Å². The van der Waals surface area contributed by atoms with Crippen LogP contribution in [0.5, 0.6) is 0 Å². The summed E-state index contributed by atoms with van der Waals surface area (Å²) in [4.78, 5) is 53.2. The lowest BCUT2D eigenvalue weighted by molar-refractivity contribution is -0.270. The lowest BCUT2D eigenvalue weighted by atomic mass is 9.81. The zero-order valence-corrected chi connectivity index (χ0v) is 23.3. The van der Waals surface area contributed by atoms with Crippen molar-refractivity contribution >= 4 is 23.6 Å². The Morgan fingerprint density at radius 1 is 1.17 bits per heavy atom. The average Bonchev–Trinajstić information content (AvgIpc) is 3.68. The second-order valence-electron chi connectivity index (χ2n) is 12.2. The monoisotopic (exact) mass is 603 g/mol. The number of nitrogens with one attached hydrogen (secondary N) is 3. The molecule has 0 aromatic heterocycles. The first kappa shape index (κ1) is 31.7. The number of likely N-dealkylation sites (tertiary alicyclic amines) is 1. The van der Waals surface area contributed by atoms with Crippen LogP contribution in [0, 0.1) is 46.3 Å². The molecule has 2 heterocycles. The van der Waals surface area contributed by atoms with Gasteiger partial charge in [0, 0.05) is 31.5 Å². The molecule has 2 saturated heterocycles. The van der Waals surface area contributed by atoms with Crippen molar-refractivity contribution in [2.45, 2.75) is 63.3 Å². The largest absolute Gasteiger partial charge is 0.463 e. The summed E-state index contributed by atoms with van der Waals surface area (Å²) >= 11 is 0. The number of methoxy groups -OCH3 is 1. The fourth-order valence-corrected chi connectivity index (χ4v) is 6.90. The van der Waals surface area contributed by atoms with Gasteiger partial charge < -0.3 is 25.6 Å². The number of alkyl halides is 5. The average molecular weight is 604 g/mol. The minimum absolute atomic E-state index is 0.000437. The molecule has 1 saturated carbocycles. The zero-order valence-electron chi connectivity index (χ0n) is 23.3. The maximum atomic E-state index is 14.0. The van der Waals surface area contributed by atoms with E-state index >= 15 is 0 Å². The zero-order chi connectivity index (χ0) is 31.2. The molecular formula is C27H34F5N5O5. The Morgan fingerprint density at radius 2 is 1.83 bits per heavy atom. The smallest absolute Gasteiger partial charge is 0.384 e. The highest BCUT2D eigenvalue weighted by Crippen LogP contribution is 2.54. The highest BCUT2D eigenvalue weighted by Gasteiger charge is 2.65. The third kappa shape index (κ3) is 5.69. The molecular weight excluding hydrogens is 569 g/mol. The summed E-state index contributed by atoms with van der Waals surface area (Å²) in [6, 6.07) is -2.19. The van der Waals surface area contributed by atoms with E-state index in [0.29, 0.717) is 13.0 Å². The van der Waals surface area contributed by atoms with Gasteiger partial charge in [0.1, 0.15) is 18.1 Å². The normalized spacial score (nSPS) is 30.0. The van der Waals surface area contributed by atoms with Crippen LogP contribution in [0.25, 0.3) is 0 Å². The van der Waals surface area contributed by atoms with Gasteiger partial charge in [0.05, 0.1) is 12.7 Å². The summed E-state index contributed by atoms with van der Waals surface area (Å²) in [6.07, 6.45) is -1.03. The quantitative estimate of drug-likeness (QED) is 0.256. The van der Waals surface area contributed by atoms with Crippen LogP contribution in [-0.2, 0) is 23.9 Å². The lowest BCUT2D eigenvalue weighted by Gasteiger charge is -2.38.